The predicted octanol–water partition coefficient (Wildman–Crippen LogP) is 1.96. The van der Waals surface area contributed by atoms with E-state index in [1.807, 2.05) is 0 Å². The lowest BCUT2D eigenvalue weighted by Gasteiger charge is -2.33. The SMILES string of the molecule is CC(NC(=O)O)C(=O)N1CC2(CCCCC2)C[C@H]1C(=O)NC(CCC(C)(F)F)C(=O)C(=O)NC1CC1. The van der Waals surface area contributed by atoms with Crippen LogP contribution < -0.4 is 16.0 Å². The Morgan fingerprint density at radius 2 is 1.72 bits per heavy atom. The van der Waals surface area contributed by atoms with Crippen LogP contribution in [0.5, 0.6) is 0 Å². The first-order valence-electron chi connectivity index (χ1n) is 12.6. The highest BCUT2D eigenvalue weighted by Gasteiger charge is 2.50. The number of carbonyl (C=O) groups is 5. The molecule has 2 unspecified atom stereocenters. The van der Waals surface area contributed by atoms with Crippen LogP contribution in [-0.2, 0) is 19.2 Å². The van der Waals surface area contributed by atoms with Crippen LogP contribution in [0.1, 0.15) is 78.1 Å². The molecule has 12 heteroatoms. The number of Topliss-reactive ketones (excluding diaryl/α,β-unsaturated/α-hetero) is 1. The van der Waals surface area contributed by atoms with Gasteiger partial charge in [-0.2, -0.15) is 0 Å². The molecule has 0 aromatic rings. The summed E-state index contributed by atoms with van der Waals surface area (Å²) in [7, 11) is 0. The fraction of sp³-hybridized carbons (Fsp3) is 0.792. The first-order chi connectivity index (χ1) is 16.8. The van der Waals surface area contributed by atoms with Crippen LogP contribution in [0.25, 0.3) is 0 Å². The Labute approximate surface area is 208 Å². The number of ketones is 1. The van der Waals surface area contributed by atoms with E-state index in [0.717, 1.165) is 44.9 Å². The van der Waals surface area contributed by atoms with Gasteiger partial charge in [-0.25, -0.2) is 13.6 Å². The molecule has 202 valence electrons. The molecule has 1 aliphatic heterocycles. The molecule has 0 bridgehead atoms. The second-order valence-electron chi connectivity index (χ2n) is 10.7. The monoisotopic (exact) mass is 514 g/mol. The van der Waals surface area contributed by atoms with Crippen LogP contribution in [-0.4, -0.2) is 76.2 Å². The van der Waals surface area contributed by atoms with Crippen LogP contribution in [0.2, 0.25) is 0 Å². The van der Waals surface area contributed by atoms with Gasteiger partial charge in [0.2, 0.25) is 23.5 Å². The highest BCUT2D eigenvalue weighted by molar-refractivity contribution is 6.38. The summed E-state index contributed by atoms with van der Waals surface area (Å²) in [5, 5.41) is 16.1. The van der Waals surface area contributed by atoms with Crippen molar-refractivity contribution in [2.24, 2.45) is 5.41 Å². The van der Waals surface area contributed by atoms with E-state index in [9.17, 15) is 32.8 Å². The van der Waals surface area contributed by atoms with E-state index in [0.29, 0.717) is 13.3 Å². The standard InChI is InChI=1S/C24H36F2N4O6/c1-14(27-22(35)36)21(34)30-13-24(9-4-3-5-10-24)12-17(30)19(32)29-16(8-11-23(2,25)26)18(31)20(33)28-15-6-7-15/h14-17,27H,3-13H2,1-2H3,(H,28,33)(H,29,32)(H,35,36)/t14?,16?,17-/m0/s1. The normalized spacial score (nSPS) is 23.0. The van der Waals surface area contributed by atoms with E-state index in [2.05, 4.69) is 16.0 Å². The highest BCUT2D eigenvalue weighted by Crippen LogP contribution is 2.46. The second kappa shape index (κ2) is 11.1. The number of carboxylic acid groups (broad SMARTS) is 1. The zero-order valence-electron chi connectivity index (χ0n) is 20.8. The average Bonchev–Trinajstić information content (AvgIpc) is 3.54. The smallest absolute Gasteiger partial charge is 0.405 e. The minimum atomic E-state index is -3.10. The number of nitrogens with zero attached hydrogens (tertiary/aromatic N) is 1. The van der Waals surface area contributed by atoms with Gasteiger partial charge in [0.1, 0.15) is 12.1 Å². The van der Waals surface area contributed by atoms with E-state index >= 15 is 0 Å². The number of likely N-dealkylation sites (tertiary alicyclic amines) is 1. The van der Waals surface area contributed by atoms with Gasteiger partial charge in [-0.15, -0.1) is 0 Å². The lowest BCUT2D eigenvalue weighted by Crippen LogP contribution is -2.56. The van der Waals surface area contributed by atoms with Crippen LogP contribution in [0.3, 0.4) is 0 Å². The number of hydrogen-bond donors (Lipinski definition) is 4. The number of amides is 4. The van der Waals surface area contributed by atoms with Crippen molar-refractivity contribution in [1.29, 1.82) is 0 Å². The van der Waals surface area contributed by atoms with E-state index < -0.39 is 66.5 Å². The summed E-state index contributed by atoms with van der Waals surface area (Å²) in [6.45, 7) is 2.35. The van der Waals surface area contributed by atoms with E-state index in [4.69, 9.17) is 5.11 Å². The third-order valence-corrected chi connectivity index (χ3v) is 7.36. The molecule has 0 aromatic carbocycles. The molecule has 4 amide bonds. The maximum atomic E-state index is 13.6. The third-order valence-electron chi connectivity index (χ3n) is 7.36. The molecule has 4 N–H and O–H groups in total. The first kappa shape index (κ1) is 27.8. The Bertz CT molecular complexity index is 882. The predicted molar refractivity (Wildman–Crippen MR) is 124 cm³/mol. The summed E-state index contributed by atoms with van der Waals surface area (Å²) in [5.41, 5.74) is -0.307. The van der Waals surface area contributed by atoms with Crippen LogP contribution in [0.15, 0.2) is 0 Å². The topological polar surface area (TPSA) is 145 Å². The maximum absolute atomic E-state index is 13.6. The van der Waals surface area contributed by atoms with Crippen molar-refractivity contribution in [3.63, 3.8) is 0 Å². The highest BCUT2D eigenvalue weighted by atomic mass is 19.3. The van der Waals surface area contributed by atoms with Gasteiger partial charge >= 0.3 is 6.09 Å². The van der Waals surface area contributed by atoms with Gasteiger partial charge in [-0.1, -0.05) is 19.3 Å². The number of hydrogen-bond acceptors (Lipinski definition) is 5. The van der Waals surface area contributed by atoms with Crippen LogP contribution in [0.4, 0.5) is 13.6 Å². The number of alkyl halides is 2. The molecule has 36 heavy (non-hydrogen) atoms. The molecule has 2 saturated carbocycles. The van der Waals surface area contributed by atoms with Crippen LogP contribution in [0, 0.1) is 5.41 Å². The quantitative estimate of drug-likeness (QED) is 0.328. The van der Waals surface area contributed by atoms with Gasteiger partial charge in [-0.3, -0.25) is 19.2 Å². The van der Waals surface area contributed by atoms with Crippen molar-refractivity contribution in [1.82, 2.24) is 20.9 Å². The molecule has 1 heterocycles. The minimum Gasteiger partial charge on any atom is -0.465 e. The number of halogens is 2. The lowest BCUT2D eigenvalue weighted by molar-refractivity contribution is -0.143. The maximum Gasteiger partial charge on any atom is 0.405 e. The molecule has 0 radical (unpaired) electrons. The Morgan fingerprint density at radius 1 is 1.08 bits per heavy atom. The number of carbonyl (C=O) groups excluding carboxylic acids is 4. The Kier molecular flexibility index (Phi) is 8.55. The Morgan fingerprint density at radius 3 is 2.28 bits per heavy atom. The van der Waals surface area contributed by atoms with Gasteiger partial charge in [0, 0.05) is 19.0 Å². The van der Waals surface area contributed by atoms with E-state index in [1.165, 1.54) is 11.8 Å². The largest absolute Gasteiger partial charge is 0.465 e. The fourth-order valence-corrected chi connectivity index (χ4v) is 5.26. The molecule has 1 saturated heterocycles. The average molecular weight is 515 g/mol. The summed E-state index contributed by atoms with van der Waals surface area (Å²) >= 11 is 0. The Balaban J connectivity index is 1.79. The van der Waals surface area contributed by atoms with Gasteiger partial charge in [0.05, 0.1) is 6.04 Å². The van der Waals surface area contributed by atoms with E-state index in [-0.39, 0.29) is 18.0 Å². The summed E-state index contributed by atoms with van der Waals surface area (Å²) in [6, 6.07) is -3.69. The lowest BCUT2D eigenvalue weighted by atomic mass is 9.72. The molecule has 2 aliphatic carbocycles. The zero-order chi connectivity index (χ0) is 26.7. The summed E-state index contributed by atoms with van der Waals surface area (Å²) < 4.78 is 27.1. The van der Waals surface area contributed by atoms with Crippen molar-refractivity contribution in [3.8, 4) is 0 Å². The van der Waals surface area contributed by atoms with Gasteiger partial charge in [0.15, 0.2) is 0 Å². The molecule has 3 aliphatic rings. The van der Waals surface area contributed by atoms with Crippen LogP contribution >= 0.6 is 0 Å². The van der Waals surface area contributed by atoms with Crippen molar-refractivity contribution in [2.75, 3.05) is 6.54 Å². The van der Waals surface area contributed by atoms with E-state index in [1.54, 1.807) is 0 Å². The van der Waals surface area contributed by atoms with Crippen molar-refractivity contribution < 1.29 is 37.9 Å². The summed E-state index contributed by atoms with van der Waals surface area (Å²) in [5.74, 6) is -6.30. The van der Waals surface area contributed by atoms with Crippen molar-refractivity contribution in [3.05, 3.63) is 0 Å². The molecule has 3 fully saturated rings. The van der Waals surface area contributed by atoms with Gasteiger partial charge in [-0.05, 0) is 57.8 Å². The van der Waals surface area contributed by atoms with Crippen molar-refractivity contribution >= 4 is 29.6 Å². The fourth-order valence-electron chi connectivity index (χ4n) is 5.26. The molecule has 3 rings (SSSR count). The molecule has 10 nitrogen and oxygen atoms in total. The number of nitrogens with one attached hydrogen (secondary N) is 3. The Hall–Kier alpha value is -2.79. The molecule has 1 spiro atoms. The molecule has 0 aromatic heterocycles. The molecule has 3 atom stereocenters. The zero-order valence-corrected chi connectivity index (χ0v) is 20.8. The summed E-state index contributed by atoms with van der Waals surface area (Å²) in [4.78, 5) is 64.1. The van der Waals surface area contributed by atoms with Crippen molar-refractivity contribution in [2.45, 2.75) is 108 Å². The first-order valence-corrected chi connectivity index (χ1v) is 12.6. The van der Waals surface area contributed by atoms with Gasteiger partial charge in [0.25, 0.3) is 5.91 Å². The number of rotatable bonds is 10. The molecular formula is C24H36F2N4O6. The van der Waals surface area contributed by atoms with Gasteiger partial charge < -0.3 is 26.0 Å². The third kappa shape index (κ3) is 7.36. The second-order valence-corrected chi connectivity index (χ2v) is 10.7. The minimum absolute atomic E-state index is 0.122. The molecular weight excluding hydrogens is 478 g/mol. The summed E-state index contributed by atoms with van der Waals surface area (Å²) in [6.07, 6.45) is 3.78.